The summed E-state index contributed by atoms with van der Waals surface area (Å²) in [6.07, 6.45) is 0. The van der Waals surface area contributed by atoms with E-state index in [1.165, 1.54) is 0 Å². The van der Waals surface area contributed by atoms with E-state index < -0.39 is 11.9 Å². The molecular weight excluding hydrogens is 202 g/mol. The minimum Gasteiger partial charge on any atom is -0.474 e. The zero-order valence-corrected chi connectivity index (χ0v) is 8.01. The molecule has 0 saturated carbocycles. The first-order valence-electron chi connectivity index (χ1n) is 4.09. The second-order valence-corrected chi connectivity index (χ2v) is 2.88. The van der Waals surface area contributed by atoms with Crippen molar-refractivity contribution < 1.29 is 18.8 Å². The fraction of sp³-hybridized carbons (Fsp3) is 0.250. The van der Waals surface area contributed by atoms with E-state index in [-0.39, 0.29) is 5.82 Å². The Morgan fingerprint density at radius 1 is 1.33 bits per heavy atom. The van der Waals surface area contributed by atoms with E-state index in [9.17, 15) is 4.79 Å². The molecule has 0 aromatic carbocycles. The molecular formula is C8H7N3O4. The van der Waals surface area contributed by atoms with Crippen LogP contribution in [0.5, 0.6) is 0 Å². The van der Waals surface area contributed by atoms with Crippen LogP contribution in [0.4, 0.5) is 0 Å². The summed E-state index contributed by atoms with van der Waals surface area (Å²) in [5.41, 5.74) is 0.588. The molecule has 7 heteroatoms. The first-order chi connectivity index (χ1) is 7.08. The Bertz CT molecular complexity index is 514. The van der Waals surface area contributed by atoms with Crippen LogP contribution in [0.2, 0.25) is 0 Å². The SMILES string of the molecule is Cc1nc(C)c(-c2noc(C(=O)O)n2)o1. The van der Waals surface area contributed by atoms with Crippen molar-refractivity contribution in [1.82, 2.24) is 15.1 Å². The van der Waals surface area contributed by atoms with E-state index in [2.05, 4.69) is 19.6 Å². The molecule has 7 nitrogen and oxygen atoms in total. The number of carboxylic acids is 1. The predicted molar refractivity (Wildman–Crippen MR) is 46.2 cm³/mol. The Balaban J connectivity index is 2.45. The number of oxazole rings is 1. The van der Waals surface area contributed by atoms with Crippen LogP contribution in [-0.2, 0) is 0 Å². The van der Waals surface area contributed by atoms with Crippen molar-refractivity contribution in [2.45, 2.75) is 13.8 Å². The Labute approximate surface area is 83.7 Å². The molecule has 0 amide bonds. The summed E-state index contributed by atoms with van der Waals surface area (Å²) >= 11 is 0. The zero-order valence-electron chi connectivity index (χ0n) is 8.01. The molecule has 0 spiro atoms. The van der Waals surface area contributed by atoms with E-state index >= 15 is 0 Å². The second-order valence-electron chi connectivity index (χ2n) is 2.88. The second kappa shape index (κ2) is 3.19. The highest BCUT2D eigenvalue weighted by Gasteiger charge is 2.19. The van der Waals surface area contributed by atoms with Gasteiger partial charge in [0.1, 0.15) is 0 Å². The van der Waals surface area contributed by atoms with E-state index in [0.29, 0.717) is 17.3 Å². The zero-order chi connectivity index (χ0) is 11.0. The summed E-state index contributed by atoms with van der Waals surface area (Å²) in [6, 6.07) is 0. The molecule has 0 saturated heterocycles. The predicted octanol–water partition coefficient (Wildman–Crippen LogP) is 1.04. The van der Waals surface area contributed by atoms with Crippen molar-refractivity contribution in [3.63, 3.8) is 0 Å². The number of hydrogen-bond donors (Lipinski definition) is 1. The molecule has 0 aliphatic carbocycles. The quantitative estimate of drug-likeness (QED) is 0.787. The fourth-order valence-electron chi connectivity index (χ4n) is 1.14. The Kier molecular flexibility index (Phi) is 2.00. The van der Waals surface area contributed by atoms with Gasteiger partial charge in [-0.15, -0.1) is 0 Å². The number of aromatic nitrogens is 3. The van der Waals surface area contributed by atoms with Gasteiger partial charge >= 0.3 is 11.9 Å². The number of carbonyl (C=O) groups is 1. The van der Waals surface area contributed by atoms with Gasteiger partial charge in [0.2, 0.25) is 5.82 Å². The molecule has 0 aliphatic rings. The van der Waals surface area contributed by atoms with Gasteiger partial charge in [0.15, 0.2) is 11.7 Å². The highest BCUT2D eigenvalue weighted by atomic mass is 16.5. The molecule has 0 atom stereocenters. The van der Waals surface area contributed by atoms with Gasteiger partial charge < -0.3 is 14.0 Å². The maximum absolute atomic E-state index is 10.5. The summed E-state index contributed by atoms with van der Waals surface area (Å²) in [6.45, 7) is 3.39. The fourth-order valence-corrected chi connectivity index (χ4v) is 1.14. The maximum atomic E-state index is 10.5. The van der Waals surface area contributed by atoms with Gasteiger partial charge in [-0.2, -0.15) is 4.98 Å². The van der Waals surface area contributed by atoms with Crippen molar-refractivity contribution in [2.24, 2.45) is 0 Å². The third-order valence-electron chi connectivity index (χ3n) is 1.72. The van der Waals surface area contributed by atoms with E-state index in [1.807, 2.05) is 0 Å². The van der Waals surface area contributed by atoms with E-state index in [4.69, 9.17) is 9.52 Å². The number of carboxylic acid groups (broad SMARTS) is 1. The van der Waals surface area contributed by atoms with Crippen LogP contribution in [0.25, 0.3) is 11.6 Å². The van der Waals surface area contributed by atoms with Crippen molar-refractivity contribution in [2.75, 3.05) is 0 Å². The molecule has 2 heterocycles. The lowest BCUT2D eigenvalue weighted by molar-refractivity contribution is 0.0643. The van der Waals surface area contributed by atoms with Gasteiger partial charge in [0.25, 0.3) is 0 Å². The van der Waals surface area contributed by atoms with Crippen LogP contribution in [0, 0.1) is 13.8 Å². The van der Waals surface area contributed by atoms with Crippen LogP contribution < -0.4 is 0 Å². The molecule has 0 unspecified atom stereocenters. The Hall–Kier alpha value is -2.18. The van der Waals surface area contributed by atoms with Crippen molar-refractivity contribution in [1.29, 1.82) is 0 Å². The van der Waals surface area contributed by atoms with Crippen LogP contribution in [-0.4, -0.2) is 26.2 Å². The number of nitrogens with zero attached hydrogens (tertiary/aromatic N) is 3. The van der Waals surface area contributed by atoms with Crippen LogP contribution in [0.1, 0.15) is 22.3 Å². The van der Waals surface area contributed by atoms with Gasteiger partial charge in [0.05, 0.1) is 5.69 Å². The van der Waals surface area contributed by atoms with Crippen LogP contribution >= 0.6 is 0 Å². The lowest BCUT2D eigenvalue weighted by atomic mass is 10.3. The Morgan fingerprint density at radius 2 is 2.07 bits per heavy atom. The minimum atomic E-state index is -1.28. The lowest BCUT2D eigenvalue weighted by Crippen LogP contribution is -1.95. The Morgan fingerprint density at radius 3 is 2.53 bits per heavy atom. The summed E-state index contributed by atoms with van der Waals surface area (Å²) < 4.78 is 9.70. The largest absolute Gasteiger partial charge is 0.474 e. The summed E-state index contributed by atoms with van der Waals surface area (Å²) in [7, 11) is 0. The summed E-state index contributed by atoms with van der Waals surface area (Å²) in [5.74, 6) is -0.875. The average molecular weight is 209 g/mol. The third-order valence-corrected chi connectivity index (χ3v) is 1.72. The average Bonchev–Trinajstić information content (AvgIpc) is 2.71. The van der Waals surface area contributed by atoms with Crippen LogP contribution in [0.3, 0.4) is 0 Å². The smallest absolute Gasteiger partial charge is 0.394 e. The molecule has 0 radical (unpaired) electrons. The highest BCUT2D eigenvalue weighted by molar-refractivity contribution is 5.82. The molecule has 1 N–H and O–H groups in total. The maximum Gasteiger partial charge on any atom is 0.394 e. The molecule has 0 bridgehead atoms. The lowest BCUT2D eigenvalue weighted by Gasteiger charge is -1.85. The van der Waals surface area contributed by atoms with Crippen molar-refractivity contribution >= 4 is 5.97 Å². The minimum absolute atomic E-state index is 0.0884. The molecule has 0 aliphatic heterocycles. The summed E-state index contributed by atoms with van der Waals surface area (Å²) in [4.78, 5) is 18.1. The first-order valence-corrected chi connectivity index (χ1v) is 4.09. The van der Waals surface area contributed by atoms with Gasteiger partial charge in [-0.25, -0.2) is 9.78 Å². The normalized spacial score (nSPS) is 10.5. The monoisotopic (exact) mass is 209 g/mol. The number of aromatic carboxylic acids is 1. The number of rotatable bonds is 2. The van der Waals surface area contributed by atoms with Gasteiger partial charge in [-0.3, -0.25) is 0 Å². The van der Waals surface area contributed by atoms with E-state index in [0.717, 1.165) is 0 Å². The first kappa shape index (κ1) is 9.38. The van der Waals surface area contributed by atoms with E-state index in [1.54, 1.807) is 13.8 Å². The topological polar surface area (TPSA) is 102 Å². The van der Waals surface area contributed by atoms with Gasteiger partial charge in [-0.1, -0.05) is 5.16 Å². The van der Waals surface area contributed by atoms with Crippen LogP contribution in [0.15, 0.2) is 8.94 Å². The van der Waals surface area contributed by atoms with Gasteiger partial charge in [0, 0.05) is 6.92 Å². The highest BCUT2D eigenvalue weighted by Crippen LogP contribution is 2.20. The molecule has 15 heavy (non-hydrogen) atoms. The van der Waals surface area contributed by atoms with Gasteiger partial charge in [-0.05, 0) is 6.92 Å². The number of hydrogen-bond acceptors (Lipinski definition) is 6. The molecule has 0 fully saturated rings. The molecule has 2 aromatic rings. The third kappa shape index (κ3) is 1.58. The molecule has 2 rings (SSSR count). The van der Waals surface area contributed by atoms with Crippen molar-refractivity contribution in [3.05, 3.63) is 17.5 Å². The standard InChI is InChI=1S/C8H7N3O4/c1-3-5(14-4(2)9-3)6-10-7(8(12)13)15-11-6/h1-2H3,(H,12,13). The molecule has 2 aromatic heterocycles. The summed E-state index contributed by atoms with van der Waals surface area (Å²) in [5, 5.41) is 12.1. The van der Waals surface area contributed by atoms with Crippen molar-refractivity contribution in [3.8, 4) is 11.6 Å². The molecule has 78 valence electrons. The number of aryl methyl sites for hydroxylation is 2.